The minimum absolute atomic E-state index is 0.114. The fourth-order valence-corrected chi connectivity index (χ4v) is 1.40. The zero-order valence-electron chi connectivity index (χ0n) is 8.57. The number of aliphatic hydroxyl groups excluding tert-OH is 1. The number of nitro groups is 1. The Morgan fingerprint density at radius 2 is 1.94 bits per heavy atom. The highest BCUT2D eigenvalue weighted by atomic mass is 35.6. The van der Waals surface area contributed by atoms with Gasteiger partial charge in [-0.25, -0.2) is 0 Å². The van der Waals surface area contributed by atoms with E-state index in [1.807, 2.05) is 0 Å². The molecule has 0 spiro atoms. The average molecular weight is 295 g/mol. The van der Waals surface area contributed by atoms with Crippen LogP contribution in [0.4, 0.5) is 0 Å². The molecule has 0 unspecified atom stereocenters. The van der Waals surface area contributed by atoms with Crippen molar-refractivity contribution in [1.82, 2.24) is 0 Å². The van der Waals surface area contributed by atoms with Crippen LogP contribution in [0.3, 0.4) is 0 Å². The van der Waals surface area contributed by atoms with Gasteiger partial charge >= 0.3 is 0 Å². The molecule has 5 nitrogen and oxygen atoms in total. The quantitative estimate of drug-likeness (QED) is 0.322. The Morgan fingerprint density at radius 1 is 1.31 bits per heavy atom. The Bertz CT molecular complexity index is 210. The summed E-state index contributed by atoms with van der Waals surface area (Å²) in [6.07, 6.45) is 1.04. The second-order valence-corrected chi connectivity index (χ2v) is 5.57. The SMILES string of the molecule is O=[N+]([O-])C[C@H](OCCCCCO)C(Cl)(Cl)Cl. The molecule has 0 aliphatic heterocycles. The van der Waals surface area contributed by atoms with E-state index >= 15 is 0 Å². The predicted octanol–water partition coefficient (Wildman–Crippen LogP) is 2.18. The fourth-order valence-electron chi connectivity index (χ4n) is 1.00. The summed E-state index contributed by atoms with van der Waals surface area (Å²) in [5.74, 6) is 0. The van der Waals surface area contributed by atoms with Crippen LogP contribution in [-0.2, 0) is 4.74 Å². The van der Waals surface area contributed by atoms with Crippen molar-refractivity contribution < 1.29 is 14.8 Å². The van der Waals surface area contributed by atoms with Gasteiger partial charge in [0.05, 0.1) is 0 Å². The Morgan fingerprint density at radius 3 is 2.38 bits per heavy atom. The summed E-state index contributed by atoms with van der Waals surface area (Å²) in [5.41, 5.74) is 0. The highest BCUT2D eigenvalue weighted by Crippen LogP contribution is 2.32. The van der Waals surface area contributed by atoms with E-state index in [-0.39, 0.29) is 13.2 Å². The van der Waals surface area contributed by atoms with Gasteiger partial charge in [0, 0.05) is 18.1 Å². The Hall–Kier alpha value is 0.190. The van der Waals surface area contributed by atoms with Gasteiger partial charge < -0.3 is 9.84 Å². The van der Waals surface area contributed by atoms with Gasteiger partial charge in [-0.1, -0.05) is 34.8 Å². The van der Waals surface area contributed by atoms with Crippen LogP contribution < -0.4 is 0 Å². The van der Waals surface area contributed by atoms with Gasteiger partial charge in [0.25, 0.3) is 0 Å². The van der Waals surface area contributed by atoms with Gasteiger partial charge in [-0.3, -0.25) is 10.1 Å². The minimum Gasteiger partial charge on any atom is -0.396 e. The van der Waals surface area contributed by atoms with Gasteiger partial charge in [0.1, 0.15) is 0 Å². The van der Waals surface area contributed by atoms with Crippen molar-refractivity contribution >= 4 is 34.8 Å². The molecule has 1 atom stereocenters. The maximum atomic E-state index is 10.3. The van der Waals surface area contributed by atoms with Crippen LogP contribution in [0, 0.1) is 10.1 Å². The number of rotatable bonds is 8. The number of unbranched alkanes of at least 4 members (excludes halogenated alkanes) is 2. The molecule has 0 fully saturated rings. The molecule has 16 heavy (non-hydrogen) atoms. The first-order valence-corrected chi connectivity index (χ1v) is 5.92. The van der Waals surface area contributed by atoms with E-state index in [1.165, 1.54) is 0 Å². The number of halogens is 3. The normalized spacial score (nSPS) is 13.8. The first-order valence-electron chi connectivity index (χ1n) is 4.79. The first-order chi connectivity index (χ1) is 7.38. The molecule has 0 aromatic rings. The van der Waals surface area contributed by atoms with Gasteiger partial charge in [-0.15, -0.1) is 0 Å². The molecule has 0 saturated carbocycles. The monoisotopic (exact) mass is 293 g/mol. The Balaban J connectivity index is 3.89. The molecule has 0 rings (SSSR count). The van der Waals surface area contributed by atoms with Crippen molar-refractivity contribution in [2.75, 3.05) is 19.8 Å². The number of ether oxygens (including phenoxy) is 1. The number of alkyl halides is 3. The third-order valence-corrected chi connectivity index (χ3v) is 2.53. The van der Waals surface area contributed by atoms with Gasteiger partial charge in [0.2, 0.25) is 10.3 Å². The van der Waals surface area contributed by atoms with Crippen LogP contribution in [0.5, 0.6) is 0 Å². The van der Waals surface area contributed by atoms with E-state index in [0.29, 0.717) is 12.8 Å². The van der Waals surface area contributed by atoms with E-state index in [9.17, 15) is 10.1 Å². The van der Waals surface area contributed by atoms with Crippen molar-refractivity contribution in [3.05, 3.63) is 10.1 Å². The molecule has 0 saturated heterocycles. The van der Waals surface area contributed by atoms with Crippen LogP contribution in [0.1, 0.15) is 19.3 Å². The second kappa shape index (κ2) is 8.31. The molecule has 0 radical (unpaired) electrons. The second-order valence-electron chi connectivity index (χ2n) is 3.20. The lowest BCUT2D eigenvalue weighted by molar-refractivity contribution is -0.491. The molecule has 0 heterocycles. The molecule has 0 aliphatic carbocycles. The largest absolute Gasteiger partial charge is 0.396 e. The van der Waals surface area contributed by atoms with Crippen LogP contribution in [0.15, 0.2) is 0 Å². The zero-order valence-corrected chi connectivity index (χ0v) is 10.8. The predicted molar refractivity (Wildman–Crippen MR) is 62.8 cm³/mol. The molecule has 0 bridgehead atoms. The lowest BCUT2D eigenvalue weighted by Crippen LogP contribution is -2.35. The van der Waals surface area contributed by atoms with E-state index in [4.69, 9.17) is 44.6 Å². The molecule has 8 heteroatoms. The van der Waals surface area contributed by atoms with Gasteiger partial charge in [0.15, 0.2) is 6.10 Å². The molecular formula is C8H14Cl3NO4. The smallest absolute Gasteiger partial charge is 0.233 e. The highest BCUT2D eigenvalue weighted by molar-refractivity contribution is 6.68. The fraction of sp³-hybridized carbons (Fsp3) is 1.00. The third-order valence-electron chi connectivity index (χ3n) is 1.80. The van der Waals surface area contributed by atoms with Crippen LogP contribution in [0.2, 0.25) is 0 Å². The van der Waals surface area contributed by atoms with Crippen molar-refractivity contribution in [1.29, 1.82) is 0 Å². The molecule has 0 amide bonds. The lowest BCUT2D eigenvalue weighted by Gasteiger charge is -2.21. The first kappa shape index (κ1) is 16.2. The number of nitrogens with zero attached hydrogens (tertiary/aromatic N) is 1. The molecule has 1 N–H and O–H groups in total. The molecule has 0 aromatic carbocycles. The summed E-state index contributed by atoms with van der Waals surface area (Å²) in [7, 11) is 0. The number of aliphatic hydroxyl groups is 1. The van der Waals surface area contributed by atoms with Crippen LogP contribution >= 0.6 is 34.8 Å². The standard InChI is InChI=1S/C8H14Cl3NO4/c9-8(10,11)7(6-12(14)15)16-5-3-1-2-4-13/h7,13H,1-6H2/t7-/m0/s1. The summed E-state index contributed by atoms with van der Waals surface area (Å²) < 4.78 is 3.34. The number of hydrogen-bond acceptors (Lipinski definition) is 4. The summed E-state index contributed by atoms with van der Waals surface area (Å²) in [5, 5.41) is 18.8. The number of hydrogen-bond donors (Lipinski definition) is 1. The molecule has 0 aliphatic rings. The summed E-state index contributed by atoms with van der Waals surface area (Å²) in [6, 6.07) is 0. The summed E-state index contributed by atoms with van der Waals surface area (Å²) in [6.45, 7) is -0.161. The summed E-state index contributed by atoms with van der Waals surface area (Å²) in [4.78, 5) is 9.73. The molecular weight excluding hydrogens is 280 g/mol. The van der Waals surface area contributed by atoms with E-state index in [2.05, 4.69) is 0 Å². The van der Waals surface area contributed by atoms with E-state index in [1.54, 1.807) is 0 Å². The Labute approximate surface area is 109 Å². The van der Waals surface area contributed by atoms with E-state index in [0.717, 1.165) is 6.42 Å². The van der Waals surface area contributed by atoms with Crippen molar-refractivity contribution in [3.63, 3.8) is 0 Å². The Kier molecular flexibility index (Phi) is 8.40. The van der Waals surface area contributed by atoms with Crippen molar-refractivity contribution in [2.24, 2.45) is 0 Å². The lowest BCUT2D eigenvalue weighted by atomic mass is 10.2. The zero-order chi connectivity index (χ0) is 12.6. The third kappa shape index (κ3) is 8.35. The molecule has 96 valence electrons. The average Bonchev–Trinajstić information content (AvgIpc) is 2.13. The van der Waals surface area contributed by atoms with Gasteiger partial charge in [-0.2, -0.15) is 0 Å². The highest BCUT2D eigenvalue weighted by Gasteiger charge is 2.37. The maximum Gasteiger partial charge on any atom is 0.233 e. The maximum absolute atomic E-state index is 10.3. The van der Waals surface area contributed by atoms with Crippen molar-refractivity contribution in [3.8, 4) is 0 Å². The van der Waals surface area contributed by atoms with Crippen LogP contribution in [0.25, 0.3) is 0 Å². The van der Waals surface area contributed by atoms with Crippen molar-refractivity contribution in [2.45, 2.75) is 29.2 Å². The van der Waals surface area contributed by atoms with Gasteiger partial charge in [-0.05, 0) is 19.3 Å². The van der Waals surface area contributed by atoms with Crippen LogP contribution in [-0.4, -0.2) is 39.7 Å². The minimum atomic E-state index is -1.80. The molecule has 0 aromatic heterocycles. The summed E-state index contributed by atoms with van der Waals surface area (Å²) >= 11 is 16.6. The van der Waals surface area contributed by atoms with E-state index < -0.39 is 21.4 Å². The topological polar surface area (TPSA) is 72.6 Å².